The van der Waals surface area contributed by atoms with Crippen LogP contribution in [0.25, 0.3) is 0 Å². The fourth-order valence-electron chi connectivity index (χ4n) is 5.14. The summed E-state index contributed by atoms with van der Waals surface area (Å²) < 4.78 is 0. The second kappa shape index (κ2) is 22.1. The molecule has 2 atom stereocenters. The lowest BCUT2D eigenvalue weighted by Crippen LogP contribution is -2.51. The molecule has 1 aliphatic heterocycles. The van der Waals surface area contributed by atoms with Crippen molar-refractivity contribution >= 4 is 11.8 Å². The molecule has 1 fully saturated rings. The predicted molar refractivity (Wildman–Crippen MR) is 148 cm³/mol. The van der Waals surface area contributed by atoms with Crippen LogP contribution in [0, 0.1) is 0 Å². The Bertz CT molecular complexity index is 529. The molecule has 0 saturated carbocycles. The number of carbonyl (C=O) groups excluding carboxylic acids is 2. The van der Waals surface area contributed by atoms with Gasteiger partial charge in [-0.2, -0.15) is 0 Å². The van der Waals surface area contributed by atoms with Crippen LogP contribution in [0.15, 0.2) is 0 Å². The normalized spacial score (nSPS) is 16.9. The zero-order valence-electron chi connectivity index (χ0n) is 23.0. The van der Waals surface area contributed by atoms with Gasteiger partial charge >= 0.3 is 0 Å². The molecule has 1 heterocycles. The highest BCUT2D eigenvalue weighted by atomic mass is 16.2. The monoisotopic (exact) mass is 494 g/mol. The quantitative estimate of drug-likeness (QED) is 0.165. The Morgan fingerprint density at radius 3 is 1.97 bits per heavy atom. The van der Waals surface area contributed by atoms with Gasteiger partial charge in [-0.25, -0.2) is 0 Å². The number of unbranched alkanes of at least 4 members (excludes halogenated alkanes) is 14. The number of carbonyl (C=O) groups is 2. The molecule has 0 spiro atoms. The van der Waals surface area contributed by atoms with Crippen LogP contribution in [0.1, 0.15) is 142 Å². The molecule has 1 saturated heterocycles. The first-order chi connectivity index (χ1) is 17.1. The number of likely N-dealkylation sites (tertiary alicyclic amines) is 1. The third-order valence-corrected chi connectivity index (χ3v) is 7.51. The molecule has 1 aliphatic rings. The molecular weight excluding hydrogens is 436 g/mol. The van der Waals surface area contributed by atoms with Gasteiger partial charge in [-0.3, -0.25) is 9.59 Å². The summed E-state index contributed by atoms with van der Waals surface area (Å²) in [4.78, 5) is 27.2. The molecule has 0 aromatic heterocycles. The number of piperidine rings is 1. The fourth-order valence-corrected chi connectivity index (χ4v) is 5.14. The molecule has 1 unspecified atom stereocenters. The van der Waals surface area contributed by atoms with Crippen LogP contribution in [0.2, 0.25) is 0 Å². The van der Waals surface area contributed by atoms with Crippen molar-refractivity contribution in [3.63, 3.8) is 0 Å². The van der Waals surface area contributed by atoms with Crippen LogP contribution in [0.3, 0.4) is 0 Å². The Labute approximate surface area is 216 Å². The molecule has 6 heteroatoms. The summed E-state index contributed by atoms with van der Waals surface area (Å²) >= 11 is 0. The summed E-state index contributed by atoms with van der Waals surface area (Å²) in [5.41, 5.74) is 11.5. The number of nitrogens with zero attached hydrogens (tertiary/aromatic N) is 1. The van der Waals surface area contributed by atoms with E-state index in [0.717, 1.165) is 51.5 Å². The molecule has 206 valence electrons. The van der Waals surface area contributed by atoms with E-state index in [4.69, 9.17) is 11.5 Å². The van der Waals surface area contributed by atoms with E-state index < -0.39 is 6.04 Å². The smallest absolute Gasteiger partial charge is 0.236 e. The average Bonchev–Trinajstić information content (AvgIpc) is 2.87. The van der Waals surface area contributed by atoms with Crippen molar-refractivity contribution in [2.45, 2.75) is 154 Å². The molecular formula is C29H58N4O2. The first-order valence-electron chi connectivity index (χ1n) is 15.1. The van der Waals surface area contributed by atoms with Crippen LogP contribution in [-0.2, 0) is 9.59 Å². The van der Waals surface area contributed by atoms with Crippen LogP contribution >= 0.6 is 0 Å². The van der Waals surface area contributed by atoms with Gasteiger partial charge in [-0.15, -0.1) is 0 Å². The molecule has 0 aromatic rings. The van der Waals surface area contributed by atoms with Gasteiger partial charge in [0.1, 0.15) is 0 Å². The Hall–Kier alpha value is -1.14. The number of rotatable bonds is 22. The van der Waals surface area contributed by atoms with E-state index in [1.54, 1.807) is 0 Å². The van der Waals surface area contributed by atoms with Crippen molar-refractivity contribution in [2.24, 2.45) is 11.5 Å². The van der Waals surface area contributed by atoms with Crippen molar-refractivity contribution in [2.75, 3.05) is 19.6 Å². The van der Waals surface area contributed by atoms with Crippen LogP contribution in [-0.4, -0.2) is 48.4 Å². The van der Waals surface area contributed by atoms with Crippen molar-refractivity contribution in [1.82, 2.24) is 10.2 Å². The van der Waals surface area contributed by atoms with E-state index in [9.17, 15) is 9.59 Å². The first kappa shape index (κ1) is 31.9. The summed E-state index contributed by atoms with van der Waals surface area (Å²) in [5.74, 6) is 0.155. The number of hydrogen-bond acceptors (Lipinski definition) is 4. The van der Waals surface area contributed by atoms with Crippen LogP contribution < -0.4 is 16.8 Å². The molecule has 1 rings (SSSR count). The van der Waals surface area contributed by atoms with Gasteiger partial charge in [-0.05, 0) is 45.1 Å². The highest BCUT2D eigenvalue weighted by Crippen LogP contribution is 2.19. The molecule has 2 amide bonds. The summed E-state index contributed by atoms with van der Waals surface area (Å²) in [7, 11) is 0. The third kappa shape index (κ3) is 16.3. The minimum absolute atomic E-state index is 0.105. The van der Waals surface area contributed by atoms with E-state index >= 15 is 0 Å². The van der Waals surface area contributed by atoms with Gasteiger partial charge < -0.3 is 21.7 Å². The summed E-state index contributed by atoms with van der Waals surface area (Å²) in [6.07, 6.45) is 24.8. The lowest BCUT2D eigenvalue weighted by molar-refractivity contribution is -0.135. The Kier molecular flexibility index (Phi) is 20.1. The largest absolute Gasteiger partial charge is 0.353 e. The highest BCUT2D eigenvalue weighted by molar-refractivity contribution is 5.81. The molecule has 0 radical (unpaired) electrons. The predicted octanol–water partition coefficient (Wildman–Crippen LogP) is 5.81. The van der Waals surface area contributed by atoms with Crippen LogP contribution in [0.5, 0.6) is 0 Å². The number of nitrogens with two attached hydrogens (primary N) is 2. The highest BCUT2D eigenvalue weighted by Gasteiger charge is 2.27. The van der Waals surface area contributed by atoms with Crippen molar-refractivity contribution in [3.05, 3.63) is 0 Å². The molecule has 0 aromatic carbocycles. The lowest BCUT2D eigenvalue weighted by atomic mass is 10.00. The van der Waals surface area contributed by atoms with Crippen molar-refractivity contribution in [1.29, 1.82) is 0 Å². The summed E-state index contributed by atoms with van der Waals surface area (Å²) in [6, 6.07) is -0.368. The van der Waals surface area contributed by atoms with E-state index in [1.807, 2.05) is 4.90 Å². The minimum atomic E-state index is -0.482. The molecule has 35 heavy (non-hydrogen) atoms. The maximum atomic E-state index is 12.9. The minimum Gasteiger partial charge on any atom is -0.353 e. The number of nitrogens with one attached hydrogen (secondary N) is 1. The Morgan fingerprint density at radius 1 is 0.829 bits per heavy atom. The van der Waals surface area contributed by atoms with Gasteiger partial charge in [0.2, 0.25) is 11.8 Å². The standard InChI is InChI=1S/C29H58N4O2/c1-2-3-4-5-6-7-8-9-10-11-12-13-14-15-22-28(34)33-24-19-17-20-26(33)25-32-29(35)27(31)21-16-18-23-30/h26-27H,2-25,30-31H2,1H3,(H,32,35)/t26?,27-/m0/s1. The lowest BCUT2D eigenvalue weighted by Gasteiger charge is -2.36. The van der Waals surface area contributed by atoms with Gasteiger partial charge in [0.05, 0.1) is 6.04 Å². The second-order valence-corrected chi connectivity index (χ2v) is 10.7. The SMILES string of the molecule is CCCCCCCCCCCCCCCCC(=O)N1CCCCC1CNC(=O)[C@@H](N)CCCCN. The van der Waals surface area contributed by atoms with Crippen molar-refractivity contribution < 1.29 is 9.59 Å². The molecule has 6 nitrogen and oxygen atoms in total. The van der Waals surface area contributed by atoms with Gasteiger partial charge in [-0.1, -0.05) is 96.8 Å². The average molecular weight is 495 g/mol. The first-order valence-corrected chi connectivity index (χ1v) is 15.1. The Morgan fingerprint density at radius 2 is 1.40 bits per heavy atom. The molecule has 0 bridgehead atoms. The molecule has 0 aliphatic carbocycles. The van der Waals surface area contributed by atoms with Gasteiger partial charge in [0, 0.05) is 25.6 Å². The van der Waals surface area contributed by atoms with E-state index in [-0.39, 0.29) is 17.9 Å². The summed E-state index contributed by atoms with van der Waals surface area (Å²) in [6.45, 7) is 4.25. The van der Waals surface area contributed by atoms with E-state index in [0.29, 0.717) is 25.9 Å². The number of hydrogen-bond donors (Lipinski definition) is 3. The zero-order valence-corrected chi connectivity index (χ0v) is 23.0. The third-order valence-electron chi connectivity index (χ3n) is 7.51. The van der Waals surface area contributed by atoms with Crippen LogP contribution in [0.4, 0.5) is 0 Å². The number of amides is 2. The van der Waals surface area contributed by atoms with Gasteiger partial charge in [0.15, 0.2) is 0 Å². The Balaban J connectivity index is 2.09. The van der Waals surface area contributed by atoms with Gasteiger partial charge in [0.25, 0.3) is 0 Å². The maximum absolute atomic E-state index is 12.9. The topological polar surface area (TPSA) is 101 Å². The molecule has 5 N–H and O–H groups in total. The maximum Gasteiger partial charge on any atom is 0.236 e. The zero-order chi connectivity index (χ0) is 25.6. The fraction of sp³-hybridized carbons (Fsp3) is 0.931. The summed E-state index contributed by atoms with van der Waals surface area (Å²) in [5, 5.41) is 2.99. The van der Waals surface area contributed by atoms with E-state index in [2.05, 4.69) is 12.2 Å². The van der Waals surface area contributed by atoms with Crippen molar-refractivity contribution in [3.8, 4) is 0 Å². The van der Waals surface area contributed by atoms with E-state index in [1.165, 1.54) is 77.0 Å². The second-order valence-electron chi connectivity index (χ2n) is 10.7.